The lowest BCUT2D eigenvalue weighted by molar-refractivity contribution is 0.415. The van der Waals surface area contributed by atoms with Crippen LogP contribution in [0.1, 0.15) is 17.9 Å². The van der Waals surface area contributed by atoms with E-state index in [-0.39, 0.29) is 5.88 Å². The van der Waals surface area contributed by atoms with Crippen LogP contribution in [0.4, 0.5) is 5.88 Å². The summed E-state index contributed by atoms with van der Waals surface area (Å²) in [6.45, 7) is 1.55. The second-order valence-corrected chi connectivity index (χ2v) is 6.88. The second-order valence-electron chi connectivity index (χ2n) is 4.51. The smallest absolute Gasteiger partial charge is 0.230 e. The zero-order chi connectivity index (χ0) is 14.9. The Morgan fingerprint density at radius 2 is 2.10 bits per heavy atom. The Kier molecular flexibility index (Phi) is 3.71. The number of ether oxygens (including phenoxy) is 1. The number of nitrogens with two attached hydrogens (primary N) is 1. The SMILES string of the molecule is COc1cccc(-c2c(C(C)S(C)(=O)=O)noc2N)c1. The summed E-state index contributed by atoms with van der Waals surface area (Å²) in [5, 5.41) is 2.99. The van der Waals surface area contributed by atoms with Crippen LogP contribution in [0.15, 0.2) is 28.8 Å². The van der Waals surface area contributed by atoms with Crippen molar-refractivity contribution in [1.29, 1.82) is 0 Å². The fourth-order valence-electron chi connectivity index (χ4n) is 1.86. The molecule has 1 aromatic heterocycles. The summed E-state index contributed by atoms with van der Waals surface area (Å²) in [4.78, 5) is 0. The van der Waals surface area contributed by atoms with Crippen LogP contribution in [0.25, 0.3) is 11.1 Å². The van der Waals surface area contributed by atoms with Crippen LogP contribution in [0.3, 0.4) is 0 Å². The molecule has 1 unspecified atom stereocenters. The molecular weight excluding hydrogens is 280 g/mol. The van der Waals surface area contributed by atoms with Crippen molar-refractivity contribution in [1.82, 2.24) is 5.16 Å². The molecule has 0 saturated carbocycles. The van der Waals surface area contributed by atoms with Crippen molar-refractivity contribution in [3.8, 4) is 16.9 Å². The highest BCUT2D eigenvalue weighted by atomic mass is 32.2. The van der Waals surface area contributed by atoms with Crippen LogP contribution in [-0.4, -0.2) is 26.9 Å². The Labute approximate surface area is 117 Å². The average Bonchev–Trinajstić information content (AvgIpc) is 2.78. The van der Waals surface area contributed by atoms with Gasteiger partial charge in [-0.2, -0.15) is 0 Å². The molecule has 2 N–H and O–H groups in total. The van der Waals surface area contributed by atoms with E-state index < -0.39 is 15.1 Å². The topological polar surface area (TPSA) is 95.4 Å². The van der Waals surface area contributed by atoms with Gasteiger partial charge in [-0.15, -0.1) is 0 Å². The van der Waals surface area contributed by atoms with E-state index in [1.54, 1.807) is 38.3 Å². The van der Waals surface area contributed by atoms with Crippen molar-refractivity contribution >= 4 is 15.7 Å². The van der Waals surface area contributed by atoms with Crippen LogP contribution in [0, 0.1) is 0 Å². The summed E-state index contributed by atoms with van der Waals surface area (Å²) in [6, 6.07) is 7.12. The Morgan fingerprint density at radius 3 is 2.70 bits per heavy atom. The largest absolute Gasteiger partial charge is 0.497 e. The zero-order valence-electron chi connectivity index (χ0n) is 11.5. The van der Waals surface area contributed by atoms with Crippen LogP contribution in [0.2, 0.25) is 0 Å². The van der Waals surface area contributed by atoms with E-state index in [2.05, 4.69) is 5.16 Å². The number of anilines is 1. The van der Waals surface area contributed by atoms with E-state index in [9.17, 15) is 8.42 Å². The average molecular weight is 296 g/mol. The van der Waals surface area contributed by atoms with E-state index >= 15 is 0 Å². The number of hydrogen-bond donors (Lipinski definition) is 1. The third-order valence-corrected chi connectivity index (χ3v) is 4.64. The Bertz CT molecular complexity index is 722. The maximum Gasteiger partial charge on any atom is 0.230 e. The lowest BCUT2D eigenvalue weighted by atomic mass is 10.0. The number of nitrogen functional groups attached to an aromatic ring is 1. The predicted molar refractivity (Wildman–Crippen MR) is 76.2 cm³/mol. The predicted octanol–water partition coefficient (Wildman–Crippen LogP) is 2.04. The molecule has 0 aliphatic carbocycles. The van der Waals surface area contributed by atoms with E-state index in [1.807, 2.05) is 0 Å². The molecule has 108 valence electrons. The second kappa shape index (κ2) is 5.16. The van der Waals surface area contributed by atoms with Gasteiger partial charge in [0, 0.05) is 6.26 Å². The fraction of sp³-hybridized carbons (Fsp3) is 0.308. The van der Waals surface area contributed by atoms with Gasteiger partial charge in [0.15, 0.2) is 9.84 Å². The summed E-state index contributed by atoms with van der Waals surface area (Å²) in [5.74, 6) is 0.727. The van der Waals surface area contributed by atoms with Crippen molar-refractivity contribution in [3.63, 3.8) is 0 Å². The van der Waals surface area contributed by atoms with Crippen LogP contribution < -0.4 is 10.5 Å². The molecule has 2 aromatic rings. The summed E-state index contributed by atoms with van der Waals surface area (Å²) in [6.07, 6.45) is 1.15. The number of aromatic nitrogens is 1. The number of benzene rings is 1. The summed E-state index contributed by atoms with van der Waals surface area (Å²) >= 11 is 0. The van der Waals surface area contributed by atoms with Gasteiger partial charge in [0.1, 0.15) is 16.7 Å². The van der Waals surface area contributed by atoms with Crippen LogP contribution in [0.5, 0.6) is 5.75 Å². The van der Waals surface area contributed by atoms with E-state index in [1.165, 1.54) is 0 Å². The lowest BCUT2D eigenvalue weighted by Gasteiger charge is -2.09. The zero-order valence-corrected chi connectivity index (χ0v) is 12.3. The van der Waals surface area contributed by atoms with Crippen LogP contribution >= 0.6 is 0 Å². The molecule has 6 nitrogen and oxygen atoms in total. The lowest BCUT2D eigenvalue weighted by Crippen LogP contribution is -2.09. The molecule has 1 aromatic carbocycles. The molecule has 7 heteroatoms. The number of nitrogens with zero attached hydrogens (tertiary/aromatic N) is 1. The highest BCUT2D eigenvalue weighted by Gasteiger charge is 2.27. The maximum absolute atomic E-state index is 11.7. The molecule has 0 radical (unpaired) electrons. The van der Waals surface area contributed by atoms with Gasteiger partial charge >= 0.3 is 0 Å². The minimum atomic E-state index is -3.30. The van der Waals surface area contributed by atoms with E-state index in [0.717, 1.165) is 6.26 Å². The number of sulfone groups is 1. The molecule has 0 aliphatic heterocycles. The van der Waals surface area contributed by atoms with Crippen LogP contribution in [-0.2, 0) is 9.84 Å². The molecule has 2 rings (SSSR count). The Morgan fingerprint density at radius 1 is 1.40 bits per heavy atom. The normalized spacial score (nSPS) is 13.2. The van der Waals surface area contributed by atoms with Gasteiger partial charge in [-0.25, -0.2) is 8.42 Å². The minimum absolute atomic E-state index is 0.0868. The Hall–Kier alpha value is -2.02. The third kappa shape index (κ3) is 2.62. The van der Waals surface area contributed by atoms with Crippen molar-refractivity contribution in [2.75, 3.05) is 19.1 Å². The van der Waals surface area contributed by atoms with Crippen molar-refractivity contribution in [2.24, 2.45) is 0 Å². The first-order chi connectivity index (χ1) is 9.34. The first-order valence-electron chi connectivity index (χ1n) is 5.93. The molecular formula is C13H16N2O4S. The summed E-state index contributed by atoms with van der Waals surface area (Å²) < 4.78 is 33.5. The molecule has 0 aliphatic rings. The summed E-state index contributed by atoms with van der Waals surface area (Å²) in [7, 11) is -1.75. The van der Waals surface area contributed by atoms with Gasteiger partial charge in [0.05, 0.1) is 12.7 Å². The molecule has 0 saturated heterocycles. The minimum Gasteiger partial charge on any atom is -0.497 e. The van der Waals surface area contributed by atoms with Crippen molar-refractivity contribution in [3.05, 3.63) is 30.0 Å². The molecule has 1 atom stereocenters. The molecule has 20 heavy (non-hydrogen) atoms. The van der Waals surface area contributed by atoms with Crippen molar-refractivity contribution in [2.45, 2.75) is 12.2 Å². The van der Waals surface area contributed by atoms with Gasteiger partial charge in [0.25, 0.3) is 0 Å². The van der Waals surface area contributed by atoms with Gasteiger partial charge < -0.3 is 15.0 Å². The number of hydrogen-bond acceptors (Lipinski definition) is 6. The van der Waals surface area contributed by atoms with Gasteiger partial charge in [0.2, 0.25) is 5.88 Å². The molecule has 0 amide bonds. The van der Waals surface area contributed by atoms with Gasteiger partial charge in [-0.3, -0.25) is 0 Å². The highest BCUT2D eigenvalue weighted by Crippen LogP contribution is 2.36. The van der Waals surface area contributed by atoms with Crippen molar-refractivity contribution < 1.29 is 17.7 Å². The first kappa shape index (κ1) is 14.4. The maximum atomic E-state index is 11.7. The van der Waals surface area contributed by atoms with E-state index in [0.29, 0.717) is 22.6 Å². The first-order valence-corrected chi connectivity index (χ1v) is 7.88. The van der Waals surface area contributed by atoms with Gasteiger partial charge in [-0.05, 0) is 24.6 Å². The quantitative estimate of drug-likeness (QED) is 0.927. The molecule has 1 heterocycles. The molecule has 0 bridgehead atoms. The molecule has 0 fully saturated rings. The summed E-state index contributed by atoms with van der Waals surface area (Å²) in [5.41, 5.74) is 7.28. The highest BCUT2D eigenvalue weighted by molar-refractivity contribution is 7.90. The third-order valence-electron chi connectivity index (χ3n) is 3.13. The van der Waals surface area contributed by atoms with Gasteiger partial charge in [-0.1, -0.05) is 17.3 Å². The number of rotatable bonds is 4. The fourth-order valence-corrected chi connectivity index (χ4v) is 2.43. The molecule has 0 spiro atoms. The standard InChI is InChI=1S/C13H16N2O4S/c1-8(20(3,16)17)12-11(13(14)19-15-12)9-5-4-6-10(7-9)18-2/h4-8H,14H2,1-3H3. The number of methoxy groups -OCH3 is 1. The monoisotopic (exact) mass is 296 g/mol. The van der Waals surface area contributed by atoms with E-state index in [4.69, 9.17) is 15.0 Å². The Balaban J connectivity index is 2.60.